The highest BCUT2D eigenvalue weighted by Crippen LogP contribution is 2.34. The monoisotopic (exact) mass is 228 g/mol. The fourth-order valence-corrected chi connectivity index (χ4v) is 1.96. The van der Waals surface area contributed by atoms with Crippen LogP contribution < -0.4 is 5.32 Å². The van der Waals surface area contributed by atoms with E-state index in [1.807, 2.05) is 32.0 Å². The summed E-state index contributed by atoms with van der Waals surface area (Å²) in [7, 11) is 0. The lowest BCUT2D eigenvalue weighted by Crippen LogP contribution is -2.39. The van der Waals surface area contributed by atoms with Crippen molar-refractivity contribution in [3.8, 4) is 6.07 Å². The molecule has 0 saturated carbocycles. The normalized spacial score (nSPS) is 17.6. The number of amides is 1. The molecular formula is C14H16N2O. The van der Waals surface area contributed by atoms with E-state index in [-0.39, 0.29) is 11.8 Å². The lowest BCUT2D eigenvalue weighted by atomic mass is 9.77. The van der Waals surface area contributed by atoms with Crippen molar-refractivity contribution in [2.45, 2.75) is 26.2 Å². The van der Waals surface area contributed by atoms with Gasteiger partial charge in [-0.2, -0.15) is 5.26 Å². The fourth-order valence-electron chi connectivity index (χ4n) is 1.96. The molecule has 0 saturated heterocycles. The quantitative estimate of drug-likeness (QED) is 0.860. The fraction of sp³-hybridized carbons (Fsp3) is 0.429. The van der Waals surface area contributed by atoms with Crippen molar-refractivity contribution in [3.63, 3.8) is 0 Å². The van der Waals surface area contributed by atoms with Crippen molar-refractivity contribution in [1.29, 1.82) is 5.26 Å². The molecule has 0 aliphatic heterocycles. The Labute approximate surface area is 101 Å². The molecule has 17 heavy (non-hydrogen) atoms. The summed E-state index contributed by atoms with van der Waals surface area (Å²) in [4.78, 5) is 11.9. The summed E-state index contributed by atoms with van der Waals surface area (Å²) in [5.74, 6) is 0.00715. The Morgan fingerprint density at radius 3 is 2.88 bits per heavy atom. The van der Waals surface area contributed by atoms with Gasteiger partial charge in [0.25, 0.3) is 0 Å². The first kappa shape index (κ1) is 11.7. The molecule has 1 aliphatic rings. The van der Waals surface area contributed by atoms with Gasteiger partial charge < -0.3 is 5.32 Å². The number of nitrogens with one attached hydrogen (secondary N) is 1. The largest absolute Gasteiger partial charge is 0.354 e. The number of benzene rings is 1. The third-order valence-corrected chi connectivity index (χ3v) is 3.18. The molecule has 0 fully saturated rings. The zero-order valence-electron chi connectivity index (χ0n) is 10.2. The smallest absolute Gasteiger partial charge is 0.227 e. The second kappa shape index (κ2) is 4.21. The minimum absolute atomic E-state index is 0.0271. The van der Waals surface area contributed by atoms with Gasteiger partial charge in [0.1, 0.15) is 0 Å². The van der Waals surface area contributed by atoms with Gasteiger partial charge in [-0.05, 0) is 31.4 Å². The molecule has 0 spiro atoms. The predicted octanol–water partition coefficient (Wildman–Crippen LogP) is 1.99. The van der Waals surface area contributed by atoms with Crippen molar-refractivity contribution < 1.29 is 4.79 Å². The van der Waals surface area contributed by atoms with Crippen molar-refractivity contribution in [2.24, 2.45) is 5.41 Å². The average molecular weight is 228 g/mol. The average Bonchev–Trinajstić information content (AvgIpc) is 2.28. The SMILES string of the molecule is CC(C)(C#N)CNC(=O)C1Cc2ccccc21. The summed E-state index contributed by atoms with van der Waals surface area (Å²) in [6, 6.07) is 10.2. The minimum Gasteiger partial charge on any atom is -0.354 e. The molecular weight excluding hydrogens is 212 g/mol. The zero-order valence-corrected chi connectivity index (χ0v) is 10.2. The maximum absolute atomic E-state index is 11.9. The van der Waals surface area contributed by atoms with E-state index in [0.717, 1.165) is 12.0 Å². The van der Waals surface area contributed by atoms with E-state index in [2.05, 4.69) is 17.5 Å². The first-order valence-corrected chi connectivity index (χ1v) is 5.80. The third kappa shape index (κ3) is 2.31. The van der Waals surface area contributed by atoms with E-state index in [4.69, 9.17) is 5.26 Å². The van der Waals surface area contributed by atoms with Crippen LogP contribution in [0.3, 0.4) is 0 Å². The first-order chi connectivity index (χ1) is 8.03. The number of hydrogen-bond donors (Lipinski definition) is 1. The number of carbonyl (C=O) groups excluding carboxylic acids is 1. The van der Waals surface area contributed by atoms with Crippen LogP contribution in [0.4, 0.5) is 0 Å². The Bertz CT molecular complexity index is 485. The van der Waals surface area contributed by atoms with Crippen molar-refractivity contribution in [1.82, 2.24) is 5.32 Å². The van der Waals surface area contributed by atoms with Crippen LogP contribution in [0.15, 0.2) is 24.3 Å². The molecule has 1 aliphatic carbocycles. The van der Waals surface area contributed by atoms with Crippen LogP contribution in [0, 0.1) is 16.7 Å². The first-order valence-electron chi connectivity index (χ1n) is 5.80. The summed E-state index contributed by atoms with van der Waals surface area (Å²) >= 11 is 0. The molecule has 1 N–H and O–H groups in total. The van der Waals surface area contributed by atoms with Gasteiger partial charge >= 0.3 is 0 Å². The van der Waals surface area contributed by atoms with E-state index < -0.39 is 5.41 Å². The van der Waals surface area contributed by atoms with E-state index in [0.29, 0.717) is 6.54 Å². The number of fused-ring (bicyclic) bond motifs is 1. The maximum Gasteiger partial charge on any atom is 0.227 e. The lowest BCUT2D eigenvalue weighted by Gasteiger charge is -2.29. The second-order valence-corrected chi connectivity index (χ2v) is 5.17. The van der Waals surface area contributed by atoms with Crippen LogP contribution in [-0.4, -0.2) is 12.5 Å². The Balaban J connectivity index is 1.95. The second-order valence-electron chi connectivity index (χ2n) is 5.17. The molecule has 1 amide bonds. The summed E-state index contributed by atoms with van der Waals surface area (Å²) in [6.07, 6.45) is 0.814. The topological polar surface area (TPSA) is 52.9 Å². The minimum atomic E-state index is -0.501. The van der Waals surface area contributed by atoms with Gasteiger partial charge in [-0.1, -0.05) is 24.3 Å². The maximum atomic E-state index is 11.9. The summed E-state index contributed by atoms with van der Waals surface area (Å²) in [6.45, 7) is 4.05. The molecule has 0 heterocycles. The van der Waals surface area contributed by atoms with Gasteiger partial charge in [0, 0.05) is 6.54 Å². The van der Waals surface area contributed by atoms with Gasteiger partial charge in [-0.25, -0.2) is 0 Å². The van der Waals surface area contributed by atoms with Gasteiger partial charge in [0.2, 0.25) is 5.91 Å². The van der Waals surface area contributed by atoms with E-state index in [1.165, 1.54) is 5.56 Å². The molecule has 1 unspecified atom stereocenters. The highest BCUT2D eigenvalue weighted by molar-refractivity contribution is 5.86. The Kier molecular flexibility index (Phi) is 2.89. The Morgan fingerprint density at radius 2 is 2.24 bits per heavy atom. The number of hydrogen-bond acceptors (Lipinski definition) is 2. The summed E-state index contributed by atoms with van der Waals surface area (Å²) in [5.41, 5.74) is 1.88. The van der Waals surface area contributed by atoms with Crippen LogP contribution in [0.5, 0.6) is 0 Å². The van der Waals surface area contributed by atoms with Gasteiger partial charge in [0.05, 0.1) is 17.4 Å². The molecule has 1 aromatic carbocycles. The van der Waals surface area contributed by atoms with Crippen LogP contribution in [0.25, 0.3) is 0 Å². The Hall–Kier alpha value is -1.82. The van der Waals surface area contributed by atoms with Crippen LogP contribution in [0.1, 0.15) is 30.9 Å². The molecule has 0 aromatic heterocycles. The standard InChI is InChI=1S/C14H16N2O/c1-14(2,8-15)9-16-13(17)12-7-10-5-3-4-6-11(10)12/h3-6,12H,7,9H2,1-2H3,(H,16,17). The van der Waals surface area contributed by atoms with Crippen LogP contribution >= 0.6 is 0 Å². The molecule has 3 heteroatoms. The molecule has 0 bridgehead atoms. The van der Waals surface area contributed by atoms with Crippen LogP contribution in [0.2, 0.25) is 0 Å². The number of nitriles is 1. The van der Waals surface area contributed by atoms with Crippen molar-refractivity contribution in [2.75, 3.05) is 6.54 Å². The van der Waals surface area contributed by atoms with E-state index in [1.54, 1.807) is 0 Å². The highest BCUT2D eigenvalue weighted by Gasteiger charge is 2.32. The molecule has 3 nitrogen and oxygen atoms in total. The lowest BCUT2D eigenvalue weighted by molar-refractivity contribution is -0.123. The third-order valence-electron chi connectivity index (χ3n) is 3.18. The van der Waals surface area contributed by atoms with Crippen molar-refractivity contribution >= 4 is 5.91 Å². The van der Waals surface area contributed by atoms with E-state index in [9.17, 15) is 4.79 Å². The molecule has 1 atom stereocenters. The Morgan fingerprint density at radius 1 is 1.53 bits per heavy atom. The van der Waals surface area contributed by atoms with Gasteiger partial charge in [-0.15, -0.1) is 0 Å². The zero-order chi connectivity index (χ0) is 12.5. The van der Waals surface area contributed by atoms with Gasteiger partial charge in [-0.3, -0.25) is 4.79 Å². The van der Waals surface area contributed by atoms with Crippen LogP contribution in [-0.2, 0) is 11.2 Å². The number of nitrogens with zero attached hydrogens (tertiary/aromatic N) is 1. The number of carbonyl (C=O) groups is 1. The molecule has 2 rings (SSSR count). The molecule has 88 valence electrons. The summed E-state index contributed by atoms with van der Waals surface area (Å²) < 4.78 is 0. The van der Waals surface area contributed by atoms with Crippen molar-refractivity contribution in [3.05, 3.63) is 35.4 Å². The van der Waals surface area contributed by atoms with E-state index >= 15 is 0 Å². The molecule has 0 radical (unpaired) electrons. The highest BCUT2D eigenvalue weighted by atomic mass is 16.1. The van der Waals surface area contributed by atoms with Gasteiger partial charge in [0.15, 0.2) is 0 Å². The predicted molar refractivity (Wildman–Crippen MR) is 65.3 cm³/mol. The summed E-state index contributed by atoms with van der Waals surface area (Å²) in [5, 5.41) is 11.7. The molecule has 1 aromatic rings. The number of rotatable bonds is 3.